The van der Waals surface area contributed by atoms with Crippen molar-refractivity contribution in [3.8, 4) is 23.0 Å². The number of benzene rings is 1. The van der Waals surface area contributed by atoms with E-state index in [9.17, 15) is 4.79 Å². The van der Waals surface area contributed by atoms with Crippen LogP contribution in [0.15, 0.2) is 65.6 Å². The highest BCUT2D eigenvalue weighted by molar-refractivity contribution is 5.94. The second kappa shape index (κ2) is 7.86. The van der Waals surface area contributed by atoms with Gasteiger partial charge in [-0.2, -0.15) is 4.98 Å². The molecule has 0 radical (unpaired) electrons. The van der Waals surface area contributed by atoms with Crippen molar-refractivity contribution >= 4 is 5.91 Å². The molecule has 0 saturated carbocycles. The second-order valence-corrected chi connectivity index (χ2v) is 7.13. The maximum absolute atomic E-state index is 12.6. The molecule has 1 fully saturated rings. The van der Waals surface area contributed by atoms with Gasteiger partial charge in [0.2, 0.25) is 5.82 Å². The van der Waals surface area contributed by atoms with Crippen LogP contribution in [0, 0.1) is 0 Å². The third-order valence-electron chi connectivity index (χ3n) is 5.24. The molecule has 0 atom stereocenters. The summed E-state index contributed by atoms with van der Waals surface area (Å²) in [5, 5.41) is 12.5. The number of carbonyl (C=O) groups is 1. The predicted octanol–water partition coefficient (Wildman–Crippen LogP) is 2.87. The van der Waals surface area contributed by atoms with Crippen LogP contribution in [0.4, 0.5) is 0 Å². The minimum Gasteiger partial charge on any atom is -0.338 e. The first kappa shape index (κ1) is 18.2. The molecular weight excluding hydrogens is 382 g/mol. The molecule has 4 heterocycles. The van der Waals surface area contributed by atoms with E-state index < -0.39 is 0 Å². The summed E-state index contributed by atoms with van der Waals surface area (Å²) < 4.78 is 7.20. The Morgan fingerprint density at radius 2 is 1.80 bits per heavy atom. The molecule has 9 nitrogen and oxygen atoms in total. The van der Waals surface area contributed by atoms with Crippen LogP contribution >= 0.6 is 0 Å². The summed E-state index contributed by atoms with van der Waals surface area (Å²) in [6.07, 6.45) is 6.71. The zero-order valence-corrected chi connectivity index (χ0v) is 16.1. The summed E-state index contributed by atoms with van der Waals surface area (Å²) in [7, 11) is 0. The molecule has 4 aromatic rings. The molecule has 1 aromatic carbocycles. The summed E-state index contributed by atoms with van der Waals surface area (Å²) >= 11 is 0. The average molecular weight is 401 g/mol. The van der Waals surface area contributed by atoms with Crippen molar-refractivity contribution in [3.63, 3.8) is 0 Å². The highest BCUT2D eigenvalue weighted by Crippen LogP contribution is 2.25. The van der Waals surface area contributed by atoms with E-state index in [0.29, 0.717) is 36.1 Å². The van der Waals surface area contributed by atoms with E-state index >= 15 is 0 Å². The Hall–Kier alpha value is -3.88. The van der Waals surface area contributed by atoms with Crippen molar-refractivity contribution in [2.45, 2.75) is 18.9 Å². The fraction of sp³-hybridized carbons (Fsp3) is 0.238. The third-order valence-corrected chi connectivity index (χ3v) is 5.24. The second-order valence-electron chi connectivity index (χ2n) is 7.13. The Morgan fingerprint density at radius 1 is 1.03 bits per heavy atom. The zero-order chi connectivity index (χ0) is 20.3. The summed E-state index contributed by atoms with van der Waals surface area (Å²) in [6.45, 7) is 1.33. The Morgan fingerprint density at radius 3 is 2.57 bits per heavy atom. The molecule has 0 unspecified atom stereocenters. The van der Waals surface area contributed by atoms with Crippen molar-refractivity contribution in [2.75, 3.05) is 13.1 Å². The first-order valence-corrected chi connectivity index (χ1v) is 9.78. The largest absolute Gasteiger partial charge is 0.338 e. The molecule has 0 aliphatic carbocycles. The molecule has 1 saturated heterocycles. The van der Waals surface area contributed by atoms with Gasteiger partial charge in [0.05, 0.1) is 12.2 Å². The SMILES string of the molecule is O=C(c1ccncc1)N1CCC(n2cc(-c3nc(-c4ccccc4)no3)nn2)CC1. The molecule has 0 bridgehead atoms. The fourth-order valence-corrected chi connectivity index (χ4v) is 3.60. The van der Waals surface area contributed by atoms with E-state index in [1.165, 1.54) is 0 Å². The average Bonchev–Trinajstić information content (AvgIpc) is 3.50. The Balaban J connectivity index is 1.25. The first-order valence-electron chi connectivity index (χ1n) is 9.78. The van der Waals surface area contributed by atoms with Crippen LogP contribution in [-0.2, 0) is 0 Å². The molecule has 3 aromatic heterocycles. The Kier molecular flexibility index (Phi) is 4.76. The highest BCUT2D eigenvalue weighted by atomic mass is 16.5. The quantitative estimate of drug-likeness (QED) is 0.518. The number of carbonyl (C=O) groups excluding carboxylic acids is 1. The lowest BCUT2D eigenvalue weighted by Crippen LogP contribution is -2.39. The first-order chi connectivity index (χ1) is 14.8. The van der Waals surface area contributed by atoms with Gasteiger partial charge < -0.3 is 9.42 Å². The molecule has 1 amide bonds. The monoisotopic (exact) mass is 401 g/mol. The topological polar surface area (TPSA) is 103 Å². The highest BCUT2D eigenvalue weighted by Gasteiger charge is 2.26. The minimum atomic E-state index is 0.0365. The summed E-state index contributed by atoms with van der Waals surface area (Å²) in [5.74, 6) is 0.892. The van der Waals surface area contributed by atoms with Crippen molar-refractivity contribution in [2.24, 2.45) is 0 Å². The van der Waals surface area contributed by atoms with Gasteiger partial charge in [-0.05, 0) is 25.0 Å². The minimum absolute atomic E-state index is 0.0365. The lowest BCUT2D eigenvalue weighted by atomic mass is 10.0. The van der Waals surface area contributed by atoms with E-state index in [0.717, 1.165) is 18.4 Å². The Labute approximate surface area is 172 Å². The number of aromatic nitrogens is 6. The van der Waals surface area contributed by atoms with Crippen LogP contribution < -0.4 is 0 Å². The summed E-state index contributed by atoms with van der Waals surface area (Å²) in [4.78, 5) is 22.8. The van der Waals surface area contributed by atoms with Crippen LogP contribution in [0.3, 0.4) is 0 Å². The fourth-order valence-electron chi connectivity index (χ4n) is 3.60. The predicted molar refractivity (Wildman–Crippen MR) is 107 cm³/mol. The molecular formula is C21H19N7O2. The van der Waals surface area contributed by atoms with Crippen LogP contribution in [-0.4, -0.2) is 54.0 Å². The summed E-state index contributed by atoms with van der Waals surface area (Å²) in [5.41, 5.74) is 2.09. The Bertz CT molecular complexity index is 1130. The normalized spacial score (nSPS) is 14.7. The molecule has 0 N–H and O–H groups in total. The van der Waals surface area contributed by atoms with Crippen molar-refractivity contribution in [1.29, 1.82) is 0 Å². The molecule has 1 aliphatic rings. The number of pyridine rings is 1. The van der Waals surface area contributed by atoms with E-state index in [1.807, 2.05) is 46.1 Å². The van der Waals surface area contributed by atoms with Gasteiger partial charge in [0.1, 0.15) is 0 Å². The number of nitrogens with zero attached hydrogens (tertiary/aromatic N) is 7. The van der Waals surface area contributed by atoms with Crippen LogP contribution in [0.2, 0.25) is 0 Å². The number of hydrogen-bond acceptors (Lipinski definition) is 7. The van der Waals surface area contributed by atoms with Gasteiger partial charge >= 0.3 is 0 Å². The maximum atomic E-state index is 12.6. The number of piperidine rings is 1. The molecule has 9 heteroatoms. The number of rotatable bonds is 4. The lowest BCUT2D eigenvalue weighted by molar-refractivity contribution is 0.0689. The van der Waals surface area contributed by atoms with Crippen LogP contribution in [0.1, 0.15) is 29.2 Å². The van der Waals surface area contributed by atoms with Gasteiger partial charge in [-0.3, -0.25) is 9.78 Å². The zero-order valence-electron chi connectivity index (χ0n) is 16.1. The third kappa shape index (κ3) is 3.57. The molecule has 0 spiro atoms. The van der Waals surface area contributed by atoms with Crippen molar-refractivity contribution in [1.82, 2.24) is 35.0 Å². The lowest BCUT2D eigenvalue weighted by Gasteiger charge is -2.31. The molecule has 30 heavy (non-hydrogen) atoms. The van der Waals surface area contributed by atoms with Crippen LogP contribution in [0.25, 0.3) is 23.0 Å². The van der Waals surface area contributed by atoms with E-state index in [1.54, 1.807) is 24.5 Å². The molecule has 5 rings (SSSR count). The van der Waals surface area contributed by atoms with Gasteiger partial charge in [0.25, 0.3) is 11.8 Å². The number of hydrogen-bond donors (Lipinski definition) is 0. The van der Waals surface area contributed by atoms with Gasteiger partial charge in [-0.15, -0.1) is 5.10 Å². The van der Waals surface area contributed by atoms with E-state index in [2.05, 4.69) is 25.4 Å². The standard InChI is InChI=1S/C21H19N7O2/c29-21(16-6-10-22-11-7-16)27-12-8-17(9-13-27)28-14-18(24-26-28)20-23-19(25-30-20)15-4-2-1-3-5-15/h1-7,10-11,14,17H,8-9,12-13H2. The van der Waals surface area contributed by atoms with E-state index in [4.69, 9.17) is 4.52 Å². The molecule has 150 valence electrons. The smallest absolute Gasteiger partial charge is 0.280 e. The van der Waals surface area contributed by atoms with Crippen molar-refractivity contribution < 1.29 is 9.32 Å². The van der Waals surface area contributed by atoms with Crippen molar-refractivity contribution in [3.05, 3.63) is 66.6 Å². The van der Waals surface area contributed by atoms with Crippen LogP contribution in [0.5, 0.6) is 0 Å². The van der Waals surface area contributed by atoms with E-state index in [-0.39, 0.29) is 11.9 Å². The van der Waals surface area contributed by atoms with Gasteiger partial charge in [0.15, 0.2) is 5.69 Å². The van der Waals surface area contributed by atoms with Gasteiger partial charge in [-0.25, -0.2) is 4.68 Å². The van der Waals surface area contributed by atoms with Gasteiger partial charge in [-0.1, -0.05) is 40.7 Å². The summed E-state index contributed by atoms with van der Waals surface area (Å²) in [6, 6.07) is 13.3. The maximum Gasteiger partial charge on any atom is 0.280 e. The number of likely N-dealkylation sites (tertiary alicyclic amines) is 1. The molecule has 1 aliphatic heterocycles. The number of amides is 1. The van der Waals surface area contributed by atoms with Gasteiger partial charge in [0, 0.05) is 36.6 Å².